The van der Waals surface area contributed by atoms with E-state index >= 15 is 0 Å². The third-order valence-electron chi connectivity index (χ3n) is 1.05. The predicted molar refractivity (Wildman–Crippen MR) is 40.6 cm³/mol. The molecule has 0 bridgehead atoms. The second-order valence-electron chi connectivity index (χ2n) is 1.87. The molecule has 2 heteroatoms. The molecule has 0 amide bonds. The zero-order valence-corrected chi connectivity index (χ0v) is 6.55. The molecule has 0 aromatic heterocycles. The molecule has 0 aliphatic heterocycles. The van der Waals surface area contributed by atoms with Crippen LogP contribution in [0.15, 0.2) is 23.8 Å². The first-order valence-electron chi connectivity index (χ1n) is 3.10. The second-order valence-corrected chi connectivity index (χ2v) is 1.87. The number of carbonyl (C=O) groups is 1. The molecule has 0 aromatic carbocycles. The van der Waals surface area contributed by atoms with Crippen LogP contribution in [0.1, 0.15) is 13.8 Å². The molecule has 0 aliphatic rings. The molecule has 0 saturated heterocycles. The molecule has 10 heavy (non-hydrogen) atoms. The van der Waals surface area contributed by atoms with Gasteiger partial charge in [0.2, 0.25) is 0 Å². The van der Waals surface area contributed by atoms with Crippen LogP contribution >= 0.6 is 0 Å². The number of ether oxygens (including phenoxy) is 1. The van der Waals surface area contributed by atoms with Crippen LogP contribution in [0.2, 0.25) is 0 Å². The summed E-state index contributed by atoms with van der Waals surface area (Å²) in [6.45, 7) is 3.60. The first-order chi connectivity index (χ1) is 4.72. The fourth-order valence-corrected chi connectivity index (χ4v) is 0.470. The summed E-state index contributed by atoms with van der Waals surface area (Å²) in [6.07, 6.45) is 5.37. The Hall–Kier alpha value is -1.05. The van der Waals surface area contributed by atoms with Crippen LogP contribution in [0.3, 0.4) is 0 Å². The molecule has 0 fully saturated rings. The summed E-state index contributed by atoms with van der Waals surface area (Å²) in [4.78, 5) is 10.7. The van der Waals surface area contributed by atoms with E-state index in [0.717, 1.165) is 0 Å². The summed E-state index contributed by atoms with van der Waals surface area (Å²) >= 11 is 0. The van der Waals surface area contributed by atoms with Gasteiger partial charge in [0.15, 0.2) is 0 Å². The lowest BCUT2D eigenvalue weighted by molar-refractivity contribution is -0.136. The maximum absolute atomic E-state index is 10.7. The Bertz CT molecular complexity index is 166. The van der Waals surface area contributed by atoms with E-state index in [0.29, 0.717) is 5.57 Å². The van der Waals surface area contributed by atoms with Crippen LogP contribution < -0.4 is 0 Å². The van der Waals surface area contributed by atoms with E-state index in [-0.39, 0.29) is 5.97 Å². The van der Waals surface area contributed by atoms with Crippen LogP contribution in [0.5, 0.6) is 0 Å². The fourth-order valence-electron chi connectivity index (χ4n) is 0.470. The van der Waals surface area contributed by atoms with Crippen molar-refractivity contribution in [3.8, 4) is 0 Å². The van der Waals surface area contributed by atoms with Gasteiger partial charge in [-0.2, -0.15) is 0 Å². The van der Waals surface area contributed by atoms with Crippen LogP contribution in [0.25, 0.3) is 0 Å². The average molecular weight is 140 g/mol. The lowest BCUT2D eigenvalue weighted by Crippen LogP contribution is -2.00. The van der Waals surface area contributed by atoms with Crippen molar-refractivity contribution < 1.29 is 9.53 Å². The van der Waals surface area contributed by atoms with Gasteiger partial charge in [0, 0.05) is 5.57 Å². The minimum atomic E-state index is -0.280. The molecular weight excluding hydrogens is 128 g/mol. The highest BCUT2D eigenvalue weighted by Gasteiger charge is 1.99. The lowest BCUT2D eigenvalue weighted by Gasteiger charge is -1.94. The van der Waals surface area contributed by atoms with Crippen molar-refractivity contribution >= 4 is 5.97 Å². The van der Waals surface area contributed by atoms with E-state index in [1.54, 1.807) is 19.1 Å². The number of methoxy groups -OCH3 is 1. The molecule has 0 heterocycles. The number of hydrogen-bond donors (Lipinski definition) is 0. The van der Waals surface area contributed by atoms with Gasteiger partial charge in [-0.05, 0) is 13.8 Å². The van der Waals surface area contributed by atoms with E-state index in [1.165, 1.54) is 7.11 Å². The molecule has 0 unspecified atom stereocenters. The van der Waals surface area contributed by atoms with Crippen molar-refractivity contribution in [1.29, 1.82) is 0 Å². The summed E-state index contributed by atoms with van der Waals surface area (Å²) in [5, 5.41) is 0. The minimum Gasteiger partial charge on any atom is -0.466 e. The first-order valence-corrected chi connectivity index (χ1v) is 3.10. The van der Waals surface area contributed by atoms with E-state index in [9.17, 15) is 4.79 Å². The Balaban J connectivity index is 4.05. The van der Waals surface area contributed by atoms with E-state index in [2.05, 4.69) is 4.74 Å². The quantitative estimate of drug-likeness (QED) is 0.331. The summed E-state index contributed by atoms with van der Waals surface area (Å²) in [5.74, 6) is -0.280. The van der Waals surface area contributed by atoms with Crippen molar-refractivity contribution in [2.45, 2.75) is 13.8 Å². The number of hydrogen-bond acceptors (Lipinski definition) is 2. The van der Waals surface area contributed by atoms with Gasteiger partial charge >= 0.3 is 5.97 Å². The predicted octanol–water partition coefficient (Wildman–Crippen LogP) is 1.68. The van der Waals surface area contributed by atoms with Gasteiger partial charge in [-0.1, -0.05) is 18.2 Å². The molecule has 0 radical (unpaired) electrons. The standard InChI is InChI=1S/C8H12O2/c1-4-5-6-7(2)8(9)10-3/h4-6H,1-3H3/b5-4+,7-6+. The van der Waals surface area contributed by atoms with E-state index in [4.69, 9.17) is 0 Å². The Labute approximate surface area is 61.2 Å². The highest BCUT2D eigenvalue weighted by molar-refractivity contribution is 5.87. The van der Waals surface area contributed by atoms with Gasteiger partial charge in [0.25, 0.3) is 0 Å². The van der Waals surface area contributed by atoms with Gasteiger partial charge in [-0.15, -0.1) is 0 Å². The van der Waals surface area contributed by atoms with Crippen LogP contribution in [0, 0.1) is 0 Å². The Kier molecular flexibility index (Phi) is 4.29. The SMILES string of the molecule is C/C=C/C=C(\C)C(=O)OC. The maximum Gasteiger partial charge on any atom is 0.333 e. The summed E-state index contributed by atoms with van der Waals surface area (Å²) in [6, 6.07) is 0. The van der Waals surface area contributed by atoms with Gasteiger partial charge < -0.3 is 4.74 Å². The number of rotatable bonds is 2. The van der Waals surface area contributed by atoms with Crippen molar-refractivity contribution in [3.05, 3.63) is 23.8 Å². The Morgan fingerprint density at radius 3 is 2.50 bits per heavy atom. The topological polar surface area (TPSA) is 26.3 Å². The van der Waals surface area contributed by atoms with E-state index in [1.807, 2.05) is 13.0 Å². The maximum atomic E-state index is 10.7. The average Bonchev–Trinajstić information content (AvgIpc) is 1.98. The van der Waals surface area contributed by atoms with E-state index < -0.39 is 0 Å². The normalized spacial score (nSPS) is 12.1. The first kappa shape index (κ1) is 8.95. The molecule has 0 N–H and O–H groups in total. The highest BCUT2D eigenvalue weighted by Crippen LogP contribution is 1.94. The summed E-state index contributed by atoms with van der Waals surface area (Å²) < 4.78 is 4.47. The van der Waals surface area contributed by atoms with Gasteiger partial charge in [-0.25, -0.2) is 4.79 Å². The van der Waals surface area contributed by atoms with Gasteiger partial charge in [-0.3, -0.25) is 0 Å². The summed E-state index contributed by atoms with van der Waals surface area (Å²) in [7, 11) is 1.37. The van der Waals surface area contributed by atoms with Crippen LogP contribution in [0.4, 0.5) is 0 Å². The smallest absolute Gasteiger partial charge is 0.333 e. The zero-order valence-electron chi connectivity index (χ0n) is 6.55. The van der Waals surface area contributed by atoms with Crippen LogP contribution in [-0.4, -0.2) is 13.1 Å². The third kappa shape index (κ3) is 3.07. The Morgan fingerprint density at radius 2 is 2.10 bits per heavy atom. The molecule has 0 aliphatic carbocycles. The number of allylic oxidation sites excluding steroid dienone is 3. The molecular formula is C8H12O2. The number of esters is 1. The largest absolute Gasteiger partial charge is 0.466 e. The second kappa shape index (κ2) is 4.79. The monoisotopic (exact) mass is 140 g/mol. The molecule has 0 aromatic rings. The van der Waals surface area contributed by atoms with Gasteiger partial charge in [0.05, 0.1) is 7.11 Å². The fraction of sp³-hybridized carbons (Fsp3) is 0.375. The van der Waals surface area contributed by atoms with Crippen molar-refractivity contribution in [1.82, 2.24) is 0 Å². The lowest BCUT2D eigenvalue weighted by atomic mass is 10.3. The van der Waals surface area contributed by atoms with Crippen molar-refractivity contribution in [3.63, 3.8) is 0 Å². The molecule has 2 nitrogen and oxygen atoms in total. The van der Waals surface area contributed by atoms with Crippen molar-refractivity contribution in [2.24, 2.45) is 0 Å². The zero-order chi connectivity index (χ0) is 7.98. The molecule has 0 atom stereocenters. The molecule has 0 saturated carbocycles. The van der Waals surface area contributed by atoms with Crippen LogP contribution in [-0.2, 0) is 9.53 Å². The molecule has 56 valence electrons. The van der Waals surface area contributed by atoms with Gasteiger partial charge in [0.1, 0.15) is 0 Å². The highest BCUT2D eigenvalue weighted by atomic mass is 16.5. The van der Waals surface area contributed by atoms with Crippen molar-refractivity contribution in [2.75, 3.05) is 7.11 Å². The molecule has 0 rings (SSSR count). The minimum absolute atomic E-state index is 0.280. The number of carbonyl (C=O) groups excluding carboxylic acids is 1. The third-order valence-corrected chi connectivity index (χ3v) is 1.05. The Morgan fingerprint density at radius 1 is 1.50 bits per heavy atom. The molecule has 0 spiro atoms. The summed E-state index contributed by atoms with van der Waals surface area (Å²) in [5.41, 5.74) is 0.612.